The van der Waals surface area contributed by atoms with E-state index in [-0.39, 0.29) is 35.5 Å². The fourth-order valence-electron chi connectivity index (χ4n) is 0. The summed E-state index contributed by atoms with van der Waals surface area (Å²) >= 11 is 0. The Morgan fingerprint density at radius 1 is 0.364 bits per heavy atom. The Bertz CT molecular complexity index is 290. The summed E-state index contributed by atoms with van der Waals surface area (Å²) in [6, 6.07) is 0. The molecule has 0 bridgehead atoms. The summed E-state index contributed by atoms with van der Waals surface area (Å²) in [7, 11) is 0. The van der Waals surface area contributed by atoms with Crippen LogP contribution >= 0.6 is 0 Å². The van der Waals surface area contributed by atoms with Gasteiger partial charge in [-0.3, -0.25) is 0 Å². The summed E-state index contributed by atoms with van der Waals surface area (Å²) in [4.78, 5) is 54.6. The smallest absolute Gasteiger partial charge is 0.414 e. The summed E-state index contributed by atoms with van der Waals surface area (Å²) in [5.41, 5.74) is 0. The summed E-state index contributed by atoms with van der Waals surface area (Å²) in [5.74, 6) is -10.9. The van der Waals surface area contributed by atoms with Gasteiger partial charge in [0.05, 0.1) is 0 Å². The van der Waals surface area contributed by atoms with E-state index in [1.807, 2.05) is 0 Å². The van der Waals surface area contributed by atoms with Crippen LogP contribution < -0.4 is 18.5 Å². The third-order valence-electron chi connectivity index (χ3n) is 0.549. The standard InChI is InChI=1S/3C2H2O4.Fe.3H3N/c3*3-1(4)2(5)6;;;;/h3*(H,3,4)(H,5,6);;3*1H3. The van der Waals surface area contributed by atoms with Gasteiger partial charge in [-0.2, -0.15) is 0 Å². The SMILES string of the molecule is N.N.N.O=C(O)C(=O)O.O=C(O)C(=O)O.O=C(O)C(=O)O.[Fe]. The van der Waals surface area contributed by atoms with Crippen molar-refractivity contribution in [2.75, 3.05) is 0 Å². The van der Waals surface area contributed by atoms with E-state index < -0.39 is 35.8 Å². The van der Waals surface area contributed by atoms with Crippen LogP contribution in [0.15, 0.2) is 0 Å². The number of carboxylic acids is 6. The number of aliphatic carboxylic acids is 6. The Hall–Kier alpha value is -2.78. The van der Waals surface area contributed by atoms with Crippen molar-refractivity contribution in [2.45, 2.75) is 0 Å². The predicted octanol–water partition coefficient (Wildman–Crippen LogP) is -2.05. The molecule has 0 atom stereocenters. The molecule has 0 heterocycles. The largest absolute Gasteiger partial charge is 0.473 e. The van der Waals surface area contributed by atoms with Crippen molar-refractivity contribution in [1.82, 2.24) is 18.5 Å². The molecule has 0 aliphatic heterocycles. The monoisotopic (exact) mass is 377 g/mol. The van der Waals surface area contributed by atoms with Crippen LogP contribution in [0, 0.1) is 0 Å². The van der Waals surface area contributed by atoms with Gasteiger partial charge in [0.25, 0.3) is 0 Å². The third kappa shape index (κ3) is 53.3. The first kappa shape index (κ1) is 42.7. The molecule has 0 aromatic rings. The number of hydrogen-bond donors (Lipinski definition) is 9. The molecular weight excluding hydrogens is 362 g/mol. The summed E-state index contributed by atoms with van der Waals surface area (Å²) in [6.45, 7) is 0. The van der Waals surface area contributed by atoms with E-state index in [9.17, 15) is 0 Å². The zero-order valence-electron chi connectivity index (χ0n) is 10.6. The first-order valence-electron chi connectivity index (χ1n) is 3.32. The maximum atomic E-state index is 9.10. The maximum absolute atomic E-state index is 9.10. The van der Waals surface area contributed by atoms with E-state index in [1.165, 1.54) is 0 Å². The second-order valence-electron chi connectivity index (χ2n) is 1.83. The Morgan fingerprint density at radius 3 is 0.409 bits per heavy atom. The van der Waals surface area contributed by atoms with Crippen LogP contribution in [0.2, 0.25) is 0 Å². The molecular formula is C6H15FeN3O12. The molecule has 0 aliphatic rings. The minimum atomic E-state index is -1.82. The Labute approximate surface area is 131 Å². The summed E-state index contributed by atoms with van der Waals surface area (Å²) < 4.78 is 0. The van der Waals surface area contributed by atoms with E-state index in [0.717, 1.165) is 0 Å². The van der Waals surface area contributed by atoms with Gasteiger partial charge in [0, 0.05) is 17.1 Å². The Morgan fingerprint density at radius 2 is 0.409 bits per heavy atom. The molecule has 0 radical (unpaired) electrons. The Kier molecular flexibility index (Phi) is 45.3. The predicted molar refractivity (Wildman–Crippen MR) is 60.9 cm³/mol. The van der Waals surface area contributed by atoms with Crippen molar-refractivity contribution >= 4 is 35.8 Å². The van der Waals surface area contributed by atoms with Crippen LogP contribution in [0.3, 0.4) is 0 Å². The number of rotatable bonds is 0. The Balaban J connectivity index is -0.0000000281. The number of carbonyl (C=O) groups is 6. The maximum Gasteiger partial charge on any atom is 0.414 e. The molecule has 15 nitrogen and oxygen atoms in total. The molecule has 22 heavy (non-hydrogen) atoms. The third-order valence-corrected chi connectivity index (χ3v) is 0.549. The molecule has 0 unspecified atom stereocenters. The van der Waals surface area contributed by atoms with Gasteiger partial charge in [0.1, 0.15) is 0 Å². The average Bonchev–Trinajstić information content (AvgIpc) is 2.18. The molecule has 15 N–H and O–H groups in total. The average molecular weight is 377 g/mol. The molecule has 0 aromatic heterocycles. The van der Waals surface area contributed by atoms with E-state index >= 15 is 0 Å². The van der Waals surface area contributed by atoms with Crippen LogP contribution in [0.1, 0.15) is 0 Å². The van der Waals surface area contributed by atoms with Crippen molar-refractivity contribution in [1.29, 1.82) is 0 Å². The van der Waals surface area contributed by atoms with Gasteiger partial charge in [0.15, 0.2) is 0 Å². The normalized spacial score (nSPS) is 6.00. The minimum Gasteiger partial charge on any atom is -0.473 e. The van der Waals surface area contributed by atoms with Crippen LogP contribution in [-0.2, 0) is 45.8 Å². The molecule has 0 aromatic carbocycles. The van der Waals surface area contributed by atoms with Crippen molar-refractivity contribution in [3.8, 4) is 0 Å². The van der Waals surface area contributed by atoms with Gasteiger partial charge in [0.2, 0.25) is 0 Å². The van der Waals surface area contributed by atoms with E-state index in [1.54, 1.807) is 0 Å². The topological polar surface area (TPSA) is 329 Å². The first-order valence-corrected chi connectivity index (χ1v) is 3.32. The van der Waals surface area contributed by atoms with Crippen molar-refractivity contribution < 1.29 is 76.5 Å². The van der Waals surface area contributed by atoms with E-state index in [0.29, 0.717) is 0 Å². The minimum absolute atomic E-state index is 0. The zero-order chi connectivity index (χ0) is 15.5. The van der Waals surface area contributed by atoms with Gasteiger partial charge in [-0.05, 0) is 0 Å². The van der Waals surface area contributed by atoms with Crippen LogP contribution in [0.5, 0.6) is 0 Å². The molecule has 0 rings (SSSR count). The fraction of sp³-hybridized carbons (Fsp3) is 0. The van der Waals surface area contributed by atoms with Gasteiger partial charge >= 0.3 is 35.8 Å². The van der Waals surface area contributed by atoms with Crippen molar-refractivity contribution in [3.63, 3.8) is 0 Å². The van der Waals surface area contributed by atoms with E-state index in [4.69, 9.17) is 59.4 Å². The van der Waals surface area contributed by atoms with Crippen molar-refractivity contribution in [3.05, 3.63) is 0 Å². The number of hydrogen-bond acceptors (Lipinski definition) is 9. The van der Waals surface area contributed by atoms with Crippen LogP contribution in [0.4, 0.5) is 0 Å². The van der Waals surface area contributed by atoms with Gasteiger partial charge < -0.3 is 49.1 Å². The zero-order valence-corrected chi connectivity index (χ0v) is 11.7. The summed E-state index contributed by atoms with van der Waals surface area (Å²) in [5, 5.41) is 44.3. The van der Waals surface area contributed by atoms with E-state index in [2.05, 4.69) is 0 Å². The van der Waals surface area contributed by atoms with Crippen molar-refractivity contribution in [2.24, 2.45) is 0 Å². The molecule has 0 spiro atoms. The fourth-order valence-corrected chi connectivity index (χ4v) is 0. The second kappa shape index (κ2) is 23.3. The second-order valence-corrected chi connectivity index (χ2v) is 1.83. The molecule has 0 amide bonds. The molecule has 0 saturated heterocycles. The van der Waals surface area contributed by atoms with Gasteiger partial charge in [-0.1, -0.05) is 0 Å². The molecule has 0 fully saturated rings. The summed E-state index contributed by atoms with van der Waals surface area (Å²) in [6.07, 6.45) is 0. The molecule has 0 saturated carbocycles. The van der Waals surface area contributed by atoms with Crippen LogP contribution in [0.25, 0.3) is 0 Å². The molecule has 134 valence electrons. The number of carboxylic acid groups (broad SMARTS) is 6. The molecule has 0 aliphatic carbocycles. The van der Waals surface area contributed by atoms with Gasteiger partial charge in [-0.25, -0.2) is 28.8 Å². The quantitative estimate of drug-likeness (QED) is 0.162. The van der Waals surface area contributed by atoms with Gasteiger partial charge in [-0.15, -0.1) is 0 Å². The first-order chi connectivity index (χ1) is 7.93. The van der Waals surface area contributed by atoms with Crippen LogP contribution in [-0.4, -0.2) is 66.5 Å². The molecule has 16 heteroatoms.